The Morgan fingerprint density at radius 1 is 0.756 bits per heavy atom. The van der Waals surface area contributed by atoms with Crippen LogP contribution in [0, 0.1) is 11.3 Å². The minimum Gasteiger partial charge on any atom is -0.468 e. The summed E-state index contributed by atoms with van der Waals surface area (Å²) in [4.78, 5) is 27.2. The number of hydrogen-bond donors (Lipinski definition) is 0. The topological polar surface area (TPSA) is 71.1 Å². The van der Waals surface area contributed by atoms with Gasteiger partial charge in [0, 0.05) is 18.4 Å². The lowest BCUT2D eigenvalue weighted by Crippen LogP contribution is -2.68. The Morgan fingerprint density at radius 2 is 1.27 bits per heavy atom. The highest BCUT2D eigenvalue weighted by atomic mass is 28.4. The molecule has 0 saturated carbocycles. The summed E-state index contributed by atoms with van der Waals surface area (Å²) in [5.41, 5.74) is -0.434. The molecule has 0 radical (unpaired) electrons. The lowest BCUT2D eigenvalue weighted by Gasteiger charge is -2.46. The fourth-order valence-corrected chi connectivity index (χ4v) is 11.6. The normalized spacial score (nSPS) is 19.0. The zero-order valence-corrected chi connectivity index (χ0v) is 28.5. The van der Waals surface area contributed by atoms with Gasteiger partial charge in [-0.25, -0.2) is 0 Å². The van der Waals surface area contributed by atoms with Crippen LogP contribution in [0.3, 0.4) is 0 Å². The number of allylic oxidation sites excluding steroid dienone is 1. The summed E-state index contributed by atoms with van der Waals surface area (Å²) in [6.45, 7) is 9.14. The number of benzene rings is 3. The van der Waals surface area contributed by atoms with Crippen LogP contribution >= 0.6 is 0 Å². The van der Waals surface area contributed by atoms with Gasteiger partial charge < -0.3 is 18.6 Å². The zero-order chi connectivity index (χ0) is 32.5. The van der Waals surface area contributed by atoms with E-state index in [2.05, 4.69) is 69.3 Å². The van der Waals surface area contributed by atoms with E-state index in [1.807, 2.05) is 61.5 Å². The van der Waals surface area contributed by atoms with Gasteiger partial charge in [0.2, 0.25) is 0 Å². The monoisotopic (exact) mass is 628 g/mol. The van der Waals surface area contributed by atoms with Gasteiger partial charge in [-0.3, -0.25) is 9.59 Å². The van der Waals surface area contributed by atoms with Crippen molar-refractivity contribution in [2.75, 3.05) is 14.2 Å². The van der Waals surface area contributed by atoms with Gasteiger partial charge in [0.15, 0.2) is 5.41 Å². The first-order chi connectivity index (χ1) is 21.6. The molecule has 7 heteroatoms. The van der Waals surface area contributed by atoms with Crippen molar-refractivity contribution in [3.8, 4) is 0 Å². The third-order valence-electron chi connectivity index (χ3n) is 9.01. The van der Waals surface area contributed by atoms with Crippen molar-refractivity contribution in [1.82, 2.24) is 0 Å². The van der Waals surface area contributed by atoms with Crippen molar-refractivity contribution >= 4 is 30.6 Å². The molecule has 0 unspecified atom stereocenters. The molecule has 45 heavy (non-hydrogen) atoms. The van der Waals surface area contributed by atoms with Crippen molar-refractivity contribution in [3.63, 3.8) is 0 Å². The second kappa shape index (κ2) is 15.2. The van der Waals surface area contributed by atoms with Crippen LogP contribution in [0.2, 0.25) is 5.04 Å². The molecule has 0 aliphatic heterocycles. The molecule has 3 aromatic rings. The van der Waals surface area contributed by atoms with Gasteiger partial charge in [-0.15, -0.1) is 0 Å². The van der Waals surface area contributed by atoms with E-state index in [0.29, 0.717) is 32.3 Å². The van der Waals surface area contributed by atoms with Crippen LogP contribution in [0.25, 0.3) is 0 Å². The first kappa shape index (κ1) is 34.4. The molecule has 0 amide bonds. The Kier molecular flexibility index (Phi) is 11.6. The van der Waals surface area contributed by atoms with E-state index in [4.69, 9.17) is 18.6 Å². The molecule has 240 valence electrons. The number of rotatable bonds is 12. The molecule has 0 N–H and O–H groups in total. The smallest absolute Gasteiger partial charge is 0.323 e. The predicted molar refractivity (Wildman–Crippen MR) is 181 cm³/mol. The first-order valence-corrected chi connectivity index (χ1v) is 17.8. The second-order valence-electron chi connectivity index (χ2n) is 12.9. The minimum atomic E-state index is -2.97. The highest BCUT2D eigenvalue weighted by molar-refractivity contribution is 6.99. The van der Waals surface area contributed by atoms with Crippen LogP contribution in [0.15, 0.2) is 103 Å². The van der Waals surface area contributed by atoms with Gasteiger partial charge in [-0.05, 0) is 33.8 Å². The molecular weight excluding hydrogens is 580 g/mol. The van der Waals surface area contributed by atoms with Crippen molar-refractivity contribution in [2.45, 2.75) is 77.2 Å². The van der Waals surface area contributed by atoms with E-state index in [1.54, 1.807) is 0 Å². The molecule has 0 fully saturated rings. The van der Waals surface area contributed by atoms with Crippen LogP contribution < -0.4 is 10.4 Å². The number of hydrogen-bond acceptors (Lipinski definition) is 6. The molecule has 3 atom stereocenters. The molecule has 0 aromatic heterocycles. The quantitative estimate of drug-likeness (QED) is 0.0973. The average molecular weight is 629 g/mol. The second-order valence-corrected chi connectivity index (χ2v) is 17.2. The Hall–Kier alpha value is -3.52. The van der Waals surface area contributed by atoms with Gasteiger partial charge in [0.05, 0.1) is 26.9 Å². The largest absolute Gasteiger partial charge is 0.468 e. The predicted octanol–water partition coefficient (Wildman–Crippen LogP) is 6.62. The molecule has 6 nitrogen and oxygen atoms in total. The van der Waals surface area contributed by atoms with Crippen LogP contribution in [0.5, 0.6) is 0 Å². The van der Waals surface area contributed by atoms with Crippen molar-refractivity contribution < 1.29 is 28.2 Å². The van der Waals surface area contributed by atoms with Crippen LogP contribution in [-0.2, 0) is 34.8 Å². The highest BCUT2D eigenvalue weighted by Crippen LogP contribution is 2.44. The van der Waals surface area contributed by atoms with E-state index >= 15 is 0 Å². The first-order valence-electron chi connectivity index (χ1n) is 15.9. The summed E-state index contributed by atoms with van der Waals surface area (Å²) in [7, 11) is -0.306. The number of carbonyl (C=O) groups excluding carboxylic acids is 2. The molecule has 0 spiro atoms. The van der Waals surface area contributed by atoms with E-state index in [0.717, 1.165) is 5.56 Å². The maximum Gasteiger partial charge on any atom is 0.323 e. The highest BCUT2D eigenvalue weighted by Gasteiger charge is 2.56. The third kappa shape index (κ3) is 7.32. The minimum absolute atomic E-state index is 0.253. The molecule has 4 rings (SSSR count). The molecule has 1 aliphatic carbocycles. The van der Waals surface area contributed by atoms with E-state index in [9.17, 15) is 9.59 Å². The van der Waals surface area contributed by atoms with Crippen LogP contribution in [0.4, 0.5) is 0 Å². The summed E-state index contributed by atoms with van der Waals surface area (Å²) in [5, 5.41) is 2.08. The lowest BCUT2D eigenvalue weighted by molar-refractivity contribution is -0.174. The Labute approximate surface area is 269 Å². The summed E-state index contributed by atoms with van der Waals surface area (Å²) >= 11 is 0. The van der Waals surface area contributed by atoms with E-state index in [1.165, 1.54) is 24.6 Å². The van der Waals surface area contributed by atoms with Gasteiger partial charge in [0.25, 0.3) is 8.32 Å². The number of methoxy groups -OCH3 is 2. The molecular formula is C38H48O6Si. The molecule has 1 aliphatic rings. The van der Waals surface area contributed by atoms with Crippen LogP contribution in [-0.4, -0.2) is 46.7 Å². The van der Waals surface area contributed by atoms with Crippen molar-refractivity contribution in [2.24, 2.45) is 11.3 Å². The number of carbonyl (C=O) groups is 2. The fraction of sp³-hybridized carbons (Fsp3) is 0.421. The third-order valence-corrected chi connectivity index (χ3v) is 14.1. The standard InChI is InChI=1S/C38H48O6Si/c1-7-25-38(35(39)41-5,36(40)42-6)30-23-24-31(43-28-29-17-11-8-12-18-29)27-32(26-30)44-45(37(2,3)4,33-19-13-9-14-20-33)34-21-15-10-16-22-34/h8-24,30-32H,7,25-28H2,1-6H3/t30-,31+,32-/m1/s1. The Bertz CT molecular complexity index is 1340. The molecule has 0 bridgehead atoms. The van der Waals surface area contributed by atoms with E-state index < -0.39 is 31.6 Å². The van der Waals surface area contributed by atoms with Gasteiger partial charge in [-0.2, -0.15) is 0 Å². The number of esters is 2. The summed E-state index contributed by atoms with van der Waals surface area (Å²) in [6.07, 6.45) is 5.21. The van der Waals surface area contributed by atoms with E-state index in [-0.39, 0.29) is 17.2 Å². The lowest BCUT2D eigenvalue weighted by atomic mass is 9.70. The maximum absolute atomic E-state index is 13.6. The van der Waals surface area contributed by atoms with Crippen molar-refractivity contribution in [3.05, 3.63) is 109 Å². The Balaban J connectivity index is 1.85. The summed E-state index contributed by atoms with van der Waals surface area (Å²) < 4.78 is 24.7. The molecule has 0 saturated heterocycles. The van der Waals surface area contributed by atoms with Crippen molar-refractivity contribution in [1.29, 1.82) is 0 Å². The summed E-state index contributed by atoms with van der Waals surface area (Å²) in [5.74, 6) is -1.69. The number of ether oxygens (including phenoxy) is 3. The molecule has 0 heterocycles. The summed E-state index contributed by atoms with van der Waals surface area (Å²) in [6, 6.07) is 31.1. The Morgan fingerprint density at radius 3 is 1.73 bits per heavy atom. The SMILES string of the molecule is CCCC(C(=O)OC)(C(=O)OC)[C@@H]1C=C[C@H](OCc2ccccc2)C[C@H](O[Si](c2ccccc2)(c2ccccc2)C(C)(C)C)C1. The average Bonchev–Trinajstić information content (AvgIpc) is 3.27. The zero-order valence-electron chi connectivity index (χ0n) is 27.5. The molecule has 3 aromatic carbocycles. The van der Waals surface area contributed by atoms with Gasteiger partial charge in [-0.1, -0.05) is 137 Å². The van der Waals surface area contributed by atoms with Gasteiger partial charge in [0.1, 0.15) is 0 Å². The van der Waals surface area contributed by atoms with Crippen LogP contribution in [0.1, 0.15) is 58.9 Å². The fourth-order valence-electron chi connectivity index (χ4n) is 6.89. The van der Waals surface area contributed by atoms with Gasteiger partial charge >= 0.3 is 11.9 Å². The maximum atomic E-state index is 13.6.